The van der Waals surface area contributed by atoms with E-state index in [0.717, 1.165) is 22.2 Å². The predicted molar refractivity (Wildman–Crippen MR) is 82.9 cm³/mol. The smallest absolute Gasteiger partial charge is 0.381 e. The summed E-state index contributed by atoms with van der Waals surface area (Å²) in [5.74, 6) is 0. The normalized spacial score (nSPS) is 11.5. The highest BCUT2D eigenvalue weighted by Gasteiger charge is 2.31. The van der Waals surface area contributed by atoms with E-state index in [0.29, 0.717) is 17.3 Å². The first-order chi connectivity index (χ1) is 9.75. The van der Waals surface area contributed by atoms with Gasteiger partial charge >= 0.3 is 6.18 Å². The molecule has 0 atom stereocenters. The zero-order valence-corrected chi connectivity index (χ0v) is 13.5. The lowest BCUT2D eigenvalue weighted by molar-refractivity contribution is -0.137. The fraction of sp³-hybridized carbons (Fsp3) is 0.143. The first kappa shape index (κ1) is 16.5. The van der Waals surface area contributed by atoms with Crippen molar-refractivity contribution in [2.45, 2.75) is 12.7 Å². The van der Waals surface area contributed by atoms with Crippen molar-refractivity contribution in [2.24, 2.45) is 0 Å². The molecule has 2 aromatic rings. The van der Waals surface area contributed by atoms with E-state index in [1.165, 1.54) is 6.07 Å². The van der Waals surface area contributed by atoms with Crippen LogP contribution in [0.25, 0.3) is 0 Å². The highest BCUT2D eigenvalue weighted by atomic mass is 79.9. The molecule has 0 saturated heterocycles. The van der Waals surface area contributed by atoms with Gasteiger partial charge in [0.25, 0.3) is 0 Å². The molecule has 0 radical (unpaired) electrons. The third kappa shape index (κ3) is 4.53. The van der Waals surface area contributed by atoms with Gasteiger partial charge in [-0.15, -0.1) is 0 Å². The Hall–Kier alpha value is -0.910. The third-order valence-electron chi connectivity index (χ3n) is 2.72. The lowest BCUT2D eigenvalue weighted by Gasteiger charge is -2.12. The molecule has 0 aliphatic carbocycles. The summed E-state index contributed by atoms with van der Waals surface area (Å²) in [7, 11) is 0. The number of alkyl halides is 3. The molecule has 21 heavy (non-hydrogen) atoms. The molecule has 0 heterocycles. The van der Waals surface area contributed by atoms with Crippen molar-refractivity contribution in [1.82, 2.24) is 0 Å². The van der Waals surface area contributed by atoms with Crippen LogP contribution in [0.1, 0.15) is 11.1 Å². The van der Waals surface area contributed by atoms with E-state index in [9.17, 15) is 13.2 Å². The van der Waals surface area contributed by atoms with Crippen molar-refractivity contribution in [2.75, 3.05) is 5.32 Å². The first-order valence-corrected chi connectivity index (χ1v) is 7.36. The maximum atomic E-state index is 12.7. The Bertz CT molecular complexity index is 659. The zero-order chi connectivity index (χ0) is 15.6. The van der Waals surface area contributed by atoms with Crippen molar-refractivity contribution in [3.63, 3.8) is 0 Å². The summed E-state index contributed by atoms with van der Waals surface area (Å²) < 4.78 is 38.9. The molecular weight excluding hydrogens is 390 g/mol. The van der Waals surface area contributed by atoms with Crippen LogP contribution in [-0.4, -0.2) is 0 Å². The quantitative estimate of drug-likeness (QED) is 0.631. The monoisotopic (exact) mass is 397 g/mol. The number of anilines is 1. The van der Waals surface area contributed by atoms with Crippen LogP contribution in [0.3, 0.4) is 0 Å². The van der Waals surface area contributed by atoms with Gasteiger partial charge in [-0.3, -0.25) is 0 Å². The van der Waals surface area contributed by atoms with Crippen LogP contribution in [0, 0.1) is 0 Å². The van der Waals surface area contributed by atoms with Gasteiger partial charge in [0.15, 0.2) is 0 Å². The molecule has 0 saturated carbocycles. The molecule has 0 unspecified atom stereocenters. The molecule has 0 aliphatic rings. The summed E-state index contributed by atoms with van der Waals surface area (Å²) in [6.07, 6.45) is -4.43. The summed E-state index contributed by atoms with van der Waals surface area (Å²) in [4.78, 5) is 0. The van der Waals surface area contributed by atoms with Gasteiger partial charge in [-0.2, -0.15) is 13.2 Å². The van der Waals surface area contributed by atoms with Crippen LogP contribution in [0.2, 0.25) is 10.0 Å². The molecule has 2 rings (SSSR count). The van der Waals surface area contributed by atoms with E-state index in [1.54, 1.807) is 18.2 Å². The number of benzene rings is 2. The second-order valence-electron chi connectivity index (χ2n) is 4.32. The average Bonchev–Trinajstić information content (AvgIpc) is 2.36. The van der Waals surface area contributed by atoms with Gasteiger partial charge in [-0.05, 0) is 35.9 Å². The lowest BCUT2D eigenvalue weighted by Crippen LogP contribution is -2.07. The number of rotatable bonds is 3. The van der Waals surface area contributed by atoms with Crippen molar-refractivity contribution in [3.05, 3.63) is 62.0 Å². The van der Waals surface area contributed by atoms with Crippen LogP contribution < -0.4 is 5.32 Å². The van der Waals surface area contributed by atoms with Crippen molar-refractivity contribution < 1.29 is 13.2 Å². The molecule has 0 spiro atoms. The van der Waals surface area contributed by atoms with Gasteiger partial charge in [0, 0.05) is 26.8 Å². The molecule has 0 amide bonds. The molecular formula is C14H9BrCl2F3N. The molecule has 7 heteroatoms. The minimum absolute atomic E-state index is 0.0301. The van der Waals surface area contributed by atoms with Gasteiger partial charge in [-0.1, -0.05) is 45.2 Å². The maximum absolute atomic E-state index is 12.7. The molecule has 0 aromatic heterocycles. The SMILES string of the molecule is FC(F)(F)c1cc(Cl)cc(NCc2ccc(Cl)cc2Br)c1. The molecule has 1 nitrogen and oxygen atoms in total. The van der Waals surface area contributed by atoms with E-state index >= 15 is 0 Å². The Morgan fingerprint density at radius 1 is 1.00 bits per heavy atom. The Morgan fingerprint density at radius 3 is 2.33 bits per heavy atom. The van der Waals surface area contributed by atoms with Crippen LogP contribution >= 0.6 is 39.1 Å². The molecule has 112 valence electrons. The maximum Gasteiger partial charge on any atom is 0.416 e. The fourth-order valence-electron chi connectivity index (χ4n) is 1.72. The first-order valence-electron chi connectivity index (χ1n) is 5.81. The summed E-state index contributed by atoms with van der Waals surface area (Å²) in [6.45, 7) is 0.343. The highest BCUT2D eigenvalue weighted by molar-refractivity contribution is 9.10. The van der Waals surface area contributed by atoms with Gasteiger partial charge in [0.05, 0.1) is 5.56 Å². The largest absolute Gasteiger partial charge is 0.416 e. The van der Waals surface area contributed by atoms with Crippen molar-refractivity contribution >= 4 is 44.8 Å². The van der Waals surface area contributed by atoms with E-state index in [4.69, 9.17) is 23.2 Å². The van der Waals surface area contributed by atoms with Gasteiger partial charge in [0.1, 0.15) is 0 Å². The molecule has 0 aliphatic heterocycles. The van der Waals surface area contributed by atoms with E-state index in [1.807, 2.05) is 0 Å². The molecule has 1 N–H and O–H groups in total. The standard InChI is InChI=1S/C14H9BrCl2F3N/c15-13-6-10(16)2-1-8(13)7-21-12-4-9(14(18,19)20)3-11(17)5-12/h1-6,21H,7H2. The van der Waals surface area contributed by atoms with E-state index in [-0.39, 0.29) is 5.02 Å². The summed E-state index contributed by atoms with van der Waals surface area (Å²) >= 11 is 14.9. The number of hydrogen-bond acceptors (Lipinski definition) is 1. The van der Waals surface area contributed by atoms with Gasteiger partial charge < -0.3 is 5.32 Å². The van der Waals surface area contributed by atoms with Crippen LogP contribution in [0.15, 0.2) is 40.9 Å². The number of halogens is 6. The highest BCUT2D eigenvalue weighted by Crippen LogP contribution is 2.33. The predicted octanol–water partition coefficient (Wildman–Crippen LogP) is 6.39. The number of nitrogens with one attached hydrogen (secondary N) is 1. The molecule has 2 aromatic carbocycles. The Kier molecular flexibility index (Phi) is 5.07. The minimum Gasteiger partial charge on any atom is -0.381 e. The topological polar surface area (TPSA) is 12.0 Å². The fourth-order valence-corrected chi connectivity index (χ4v) is 2.78. The Balaban J connectivity index is 2.18. The van der Waals surface area contributed by atoms with Gasteiger partial charge in [-0.25, -0.2) is 0 Å². The number of hydrogen-bond donors (Lipinski definition) is 1. The van der Waals surface area contributed by atoms with E-state index in [2.05, 4.69) is 21.2 Å². The third-order valence-corrected chi connectivity index (χ3v) is 3.91. The van der Waals surface area contributed by atoms with Crippen molar-refractivity contribution in [3.8, 4) is 0 Å². The second kappa shape index (κ2) is 6.46. The summed E-state index contributed by atoms with van der Waals surface area (Å²) in [6, 6.07) is 8.58. The Labute approximate surface area is 138 Å². The summed E-state index contributed by atoms with van der Waals surface area (Å²) in [5.41, 5.74) is 0.386. The van der Waals surface area contributed by atoms with Gasteiger partial charge in [0.2, 0.25) is 0 Å². The zero-order valence-electron chi connectivity index (χ0n) is 10.4. The lowest BCUT2D eigenvalue weighted by atomic mass is 10.1. The molecule has 0 bridgehead atoms. The van der Waals surface area contributed by atoms with Crippen molar-refractivity contribution in [1.29, 1.82) is 0 Å². The average molecular weight is 399 g/mol. The second-order valence-corrected chi connectivity index (χ2v) is 6.04. The summed E-state index contributed by atoms with van der Waals surface area (Å²) in [5, 5.41) is 3.52. The van der Waals surface area contributed by atoms with Crippen LogP contribution in [0.4, 0.5) is 18.9 Å². The Morgan fingerprint density at radius 2 is 1.71 bits per heavy atom. The van der Waals surface area contributed by atoms with E-state index < -0.39 is 11.7 Å². The van der Waals surface area contributed by atoms with Crippen LogP contribution in [-0.2, 0) is 12.7 Å². The van der Waals surface area contributed by atoms with Crippen LogP contribution in [0.5, 0.6) is 0 Å². The molecule has 0 fully saturated rings. The minimum atomic E-state index is -4.43.